The first-order chi connectivity index (χ1) is 8.61. The van der Waals surface area contributed by atoms with Gasteiger partial charge in [-0.1, -0.05) is 12.1 Å². The summed E-state index contributed by atoms with van der Waals surface area (Å²) in [7, 11) is 0. The lowest BCUT2D eigenvalue weighted by Crippen LogP contribution is -1.93. The Morgan fingerprint density at radius 1 is 1.22 bits per heavy atom. The van der Waals surface area contributed by atoms with Gasteiger partial charge in [-0.05, 0) is 46.6 Å². The smallest absolute Gasteiger partial charge is 0.146 e. The van der Waals surface area contributed by atoms with Gasteiger partial charge in [0.2, 0.25) is 0 Å². The maximum atomic E-state index is 9.12. The van der Waals surface area contributed by atoms with E-state index < -0.39 is 0 Å². The Morgan fingerprint density at radius 3 is 2.72 bits per heavy atom. The molecular weight excluding hydrogens is 292 g/mol. The molecule has 0 heterocycles. The normalized spacial score (nSPS) is 9.83. The standard InChI is InChI=1S/C14H11BrN2O/c1-9-5-6-10(17)7-14(9)18-13-4-2-3-12(15)11(13)8-16/h2-7H,17H2,1H3. The van der Waals surface area contributed by atoms with Crippen molar-refractivity contribution in [2.75, 3.05) is 5.73 Å². The predicted molar refractivity (Wildman–Crippen MR) is 74.5 cm³/mol. The van der Waals surface area contributed by atoms with Crippen LogP contribution in [0.1, 0.15) is 11.1 Å². The van der Waals surface area contributed by atoms with E-state index in [0.717, 1.165) is 5.56 Å². The number of benzene rings is 2. The highest BCUT2D eigenvalue weighted by atomic mass is 79.9. The lowest BCUT2D eigenvalue weighted by molar-refractivity contribution is 0.477. The van der Waals surface area contributed by atoms with Crippen molar-refractivity contribution in [3.05, 3.63) is 52.0 Å². The van der Waals surface area contributed by atoms with Gasteiger partial charge in [0.25, 0.3) is 0 Å². The number of ether oxygens (including phenoxy) is 1. The molecule has 0 aliphatic heterocycles. The molecule has 0 amide bonds. The van der Waals surface area contributed by atoms with E-state index in [4.69, 9.17) is 15.7 Å². The fourth-order valence-corrected chi connectivity index (χ4v) is 1.98. The molecule has 0 atom stereocenters. The maximum absolute atomic E-state index is 9.12. The highest BCUT2D eigenvalue weighted by Gasteiger charge is 2.09. The fourth-order valence-electron chi connectivity index (χ4n) is 1.54. The molecular formula is C14H11BrN2O. The molecule has 0 bridgehead atoms. The minimum atomic E-state index is 0.472. The molecule has 0 saturated heterocycles. The van der Waals surface area contributed by atoms with Crippen molar-refractivity contribution in [2.24, 2.45) is 0 Å². The summed E-state index contributed by atoms with van der Waals surface area (Å²) < 4.78 is 6.47. The summed E-state index contributed by atoms with van der Waals surface area (Å²) in [5.74, 6) is 1.17. The topological polar surface area (TPSA) is 59.0 Å². The number of hydrogen-bond donors (Lipinski definition) is 1. The van der Waals surface area contributed by atoms with Crippen LogP contribution in [0.15, 0.2) is 40.9 Å². The number of hydrogen-bond acceptors (Lipinski definition) is 3. The molecule has 4 heteroatoms. The molecule has 0 aliphatic carbocycles. The fraction of sp³-hybridized carbons (Fsp3) is 0.0714. The van der Waals surface area contributed by atoms with Crippen molar-refractivity contribution in [3.8, 4) is 17.6 Å². The summed E-state index contributed by atoms with van der Waals surface area (Å²) in [5.41, 5.74) is 7.79. The first-order valence-electron chi connectivity index (χ1n) is 5.34. The second kappa shape index (κ2) is 5.11. The number of nitrogens with two attached hydrogens (primary N) is 1. The zero-order valence-corrected chi connectivity index (χ0v) is 11.4. The van der Waals surface area contributed by atoms with Crippen molar-refractivity contribution in [1.29, 1.82) is 5.26 Å². The quantitative estimate of drug-likeness (QED) is 0.853. The molecule has 0 spiro atoms. The van der Waals surface area contributed by atoms with Gasteiger partial charge < -0.3 is 10.5 Å². The van der Waals surface area contributed by atoms with E-state index in [1.54, 1.807) is 18.2 Å². The van der Waals surface area contributed by atoms with E-state index in [1.165, 1.54) is 0 Å². The summed E-state index contributed by atoms with van der Waals surface area (Å²) in [6.07, 6.45) is 0. The third kappa shape index (κ3) is 2.47. The predicted octanol–water partition coefficient (Wildman–Crippen LogP) is 4.00. The second-order valence-corrected chi connectivity index (χ2v) is 4.71. The van der Waals surface area contributed by atoms with E-state index in [0.29, 0.717) is 27.2 Å². The number of nitrogen functional groups attached to an aromatic ring is 1. The van der Waals surface area contributed by atoms with Gasteiger partial charge in [0.15, 0.2) is 0 Å². The summed E-state index contributed by atoms with van der Waals surface area (Å²) >= 11 is 3.33. The van der Waals surface area contributed by atoms with Crippen LogP contribution in [0.5, 0.6) is 11.5 Å². The van der Waals surface area contributed by atoms with Gasteiger partial charge in [0.1, 0.15) is 23.1 Å². The van der Waals surface area contributed by atoms with Gasteiger partial charge in [0, 0.05) is 16.2 Å². The van der Waals surface area contributed by atoms with Crippen molar-refractivity contribution >= 4 is 21.6 Å². The molecule has 2 aromatic rings. The van der Waals surface area contributed by atoms with E-state index in [-0.39, 0.29) is 0 Å². The molecule has 90 valence electrons. The highest BCUT2D eigenvalue weighted by Crippen LogP contribution is 2.32. The molecule has 0 aliphatic rings. The molecule has 2 rings (SSSR count). The SMILES string of the molecule is Cc1ccc(N)cc1Oc1cccc(Br)c1C#N. The van der Waals surface area contributed by atoms with E-state index in [9.17, 15) is 0 Å². The summed E-state index contributed by atoms with van der Waals surface area (Å²) in [6.45, 7) is 1.93. The van der Waals surface area contributed by atoms with Crippen molar-refractivity contribution in [1.82, 2.24) is 0 Å². The van der Waals surface area contributed by atoms with E-state index in [1.807, 2.05) is 25.1 Å². The number of halogens is 1. The maximum Gasteiger partial charge on any atom is 0.146 e. The average Bonchev–Trinajstić information content (AvgIpc) is 2.34. The molecule has 2 N–H and O–H groups in total. The minimum Gasteiger partial charge on any atom is -0.456 e. The first kappa shape index (κ1) is 12.5. The Hall–Kier alpha value is -1.99. The van der Waals surface area contributed by atoms with Gasteiger partial charge in [-0.15, -0.1) is 0 Å². The van der Waals surface area contributed by atoms with Crippen LogP contribution in [0, 0.1) is 18.3 Å². The van der Waals surface area contributed by atoms with E-state index in [2.05, 4.69) is 22.0 Å². The van der Waals surface area contributed by atoms with Crippen LogP contribution in [0.4, 0.5) is 5.69 Å². The van der Waals surface area contributed by atoms with Gasteiger partial charge in [-0.2, -0.15) is 5.26 Å². The third-order valence-corrected chi connectivity index (χ3v) is 3.18. The number of nitriles is 1. The Bertz CT molecular complexity index is 632. The van der Waals surface area contributed by atoms with Crippen LogP contribution in [-0.2, 0) is 0 Å². The van der Waals surface area contributed by atoms with Crippen molar-refractivity contribution in [3.63, 3.8) is 0 Å². The molecule has 2 aromatic carbocycles. The molecule has 3 nitrogen and oxygen atoms in total. The molecule has 0 aromatic heterocycles. The van der Waals surface area contributed by atoms with Crippen molar-refractivity contribution < 1.29 is 4.74 Å². The third-order valence-electron chi connectivity index (χ3n) is 2.52. The minimum absolute atomic E-state index is 0.472. The van der Waals surface area contributed by atoms with Gasteiger partial charge in [-0.3, -0.25) is 0 Å². The van der Waals surface area contributed by atoms with Gasteiger partial charge in [0.05, 0.1) is 0 Å². The lowest BCUT2D eigenvalue weighted by atomic mass is 10.2. The summed E-state index contributed by atoms with van der Waals surface area (Å²) in [4.78, 5) is 0. The number of rotatable bonds is 2. The largest absolute Gasteiger partial charge is 0.456 e. The number of aryl methyl sites for hydroxylation is 1. The zero-order chi connectivity index (χ0) is 13.1. The molecule has 0 saturated carbocycles. The van der Waals surface area contributed by atoms with Crippen LogP contribution in [0.3, 0.4) is 0 Å². The zero-order valence-electron chi connectivity index (χ0n) is 9.77. The summed E-state index contributed by atoms with van der Waals surface area (Å²) in [6, 6.07) is 12.9. The highest BCUT2D eigenvalue weighted by molar-refractivity contribution is 9.10. The Morgan fingerprint density at radius 2 is 2.00 bits per heavy atom. The van der Waals surface area contributed by atoms with Crippen LogP contribution in [0.25, 0.3) is 0 Å². The number of nitrogens with zero attached hydrogens (tertiary/aromatic N) is 1. The number of anilines is 1. The second-order valence-electron chi connectivity index (χ2n) is 3.85. The molecule has 18 heavy (non-hydrogen) atoms. The average molecular weight is 303 g/mol. The van der Waals surface area contributed by atoms with E-state index >= 15 is 0 Å². The van der Waals surface area contributed by atoms with Crippen LogP contribution >= 0.6 is 15.9 Å². The lowest BCUT2D eigenvalue weighted by Gasteiger charge is -2.11. The Balaban J connectivity index is 2.44. The molecule has 0 fully saturated rings. The summed E-state index contributed by atoms with van der Waals surface area (Å²) in [5, 5.41) is 9.12. The Kier molecular flexibility index (Phi) is 3.54. The van der Waals surface area contributed by atoms with Gasteiger partial charge >= 0.3 is 0 Å². The van der Waals surface area contributed by atoms with Gasteiger partial charge in [-0.25, -0.2) is 0 Å². The van der Waals surface area contributed by atoms with Crippen molar-refractivity contribution in [2.45, 2.75) is 6.92 Å². The van der Waals surface area contributed by atoms with Crippen LogP contribution in [0.2, 0.25) is 0 Å². The molecule has 0 radical (unpaired) electrons. The van der Waals surface area contributed by atoms with Crippen LogP contribution in [-0.4, -0.2) is 0 Å². The first-order valence-corrected chi connectivity index (χ1v) is 6.13. The molecule has 0 unspecified atom stereocenters. The monoisotopic (exact) mass is 302 g/mol. The van der Waals surface area contributed by atoms with Crippen LogP contribution < -0.4 is 10.5 Å². The Labute approximate surface area is 114 Å².